The van der Waals surface area contributed by atoms with Crippen LogP contribution in [0.2, 0.25) is 0 Å². The number of aryl methyl sites for hydroxylation is 3. The van der Waals surface area contributed by atoms with E-state index in [1.54, 1.807) is 6.92 Å². The summed E-state index contributed by atoms with van der Waals surface area (Å²) in [5.41, 5.74) is 0.611. The fourth-order valence-electron chi connectivity index (χ4n) is 2.12. The van der Waals surface area contributed by atoms with E-state index in [2.05, 4.69) is 15.5 Å². The molecule has 2 aromatic rings. The minimum Gasteiger partial charge on any atom is -0.363 e. The summed E-state index contributed by atoms with van der Waals surface area (Å²) in [4.78, 5) is 0. The van der Waals surface area contributed by atoms with E-state index in [9.17, 15) is 13.2 Å². The van der Waals surface area contributed by atoms with Crippen LogP contribution in [-0.2, 0) is 25.8 Å². The summed E-state index contributed by atoms with van der Waals surface area (Å²) >= 11 is 0. The van der Waals surface area contributed by atoms with Gasteiger partial charge >= 0.3 is 6.18 Å². The van der Waals surface area contributed by atoms with Crippen LogP contribution in [0.25, 0.3) is 0 Å². The molecule has 2 rings (SSSR count). The molecule has 2 heterocycles. The minimum absolute atomic E-state index is 0.179. The van der Waals surface area contributed by atoms with Crippen LogP contribution in [0.3, 0.4) is 0 Å². The summed E-state index contributed by atoms with van der Waals surface area (Å²) in [6.07, 6.45) is -4.39. The van der Waals surface area contributed by atoms with Gasteiger partial charge in [-0.3, -0.25) is 9.36 Å². The van der Waals surface area contributed by atoms with E-state index >= 15 is 0 Å². The van der Waals surface area contributed by atoms with Gasteiger partial charge in [0.1, 0.15) is 11.5 Å². The molecule has 0 aliphatic rings. The molecule has 0 amide bonds. The van der Waals surface area contributed by atoms with Gasteiger partial charge in [-0.25, -0.2) is 0 Å². The maximum absolute atomic E-state index is 12.8. The Morgan fingerprint density at radius 1 is 1.10 bits per heavy atom. The third-order valence-corrected chi connectivity index (χ3v) is 3.15. The minimum atomic E-state index is -4.39. The third-order valence-electron chi connectivity index (χ3n) is 3.15. The molecule has 0 aromatic carbocycles. The lowest BCUT2D eigenvalue weighted by atomic mass is 10.3. The van der Waals surface area contributed by atoms with E-state index in [0.717, 1.165) is 23.0 Å². The van der Waals surface area contributed by atoms with Crippen LogP contribution in [-0.4, -0.2) is 19.6 Å². The molecule has 0 aliphatic heterocycles. The molecule has 5 nitrogen and oxygen atoms in total. The first-order valence-electron chi connectivity index (χ1n) is 6.77. The normalized spacial score (nSPS) is 11.9. The third kappa shape index (κ3) is 3.37. The van der Waals surface area contributed by atoms with Gasteiger partial charge in [-0.2, -0.15) is 23.4 Å². The van der Waals surface area contributed by atoms with Crippen molar-refractivity contribution in [1.29, 1.82) is 0 Å². The average molecular weight is 301 g/mol. The maximum Gasteiger partial charge on any atom is 0.433 e. The predicted octanol–water partition coefficient (Wildman–Crippen LogP) is 3.06. The molecule has 2 aromatic heterocycles. The second-order valence-electron chi connectivity index (χ2n) is 4.67. The average Bonchev–Trinajstić information content (AvgIpc) is 2.98. The van der Waals surface area contributed by atoms with E-state index < -0.39 is 11.9 Å². The number of anilines is 1. The van der Waals surface area contributed by atoms with Crippen molar-refractivity contribution in [3.05, 3.63) is 29.2 Å². The van der Waals surface area contributed by atoms with Crippen LogP contribution in [0.1, 0.15) is 30.9 Å². The number of rotatable bonds is 5. The zero-order valence-electron chi connectivity index (χ0n) is 12.2. The summed E-state index contributed by atoms with van der Waals surface area (Å²) < 4.78 is 41.2. The molecular weight excluding hydrogens is 283 g/mol. The van der Waals surface area contributed by atoms with Gasteiger partial charge in [0.25, 0.3) is 0 Å². The van der Waals surface area contributed by atoms with Gasteiger partial charge in [0, 0.05) is 24.8 Å². The fraction of sp³-hybridized carbons (Fsp3) is 0.538. The van der Waals surface area contributed by atoms with E-state index in [1.807, 2.05) is 24.6 Å². The molecule has 0 atom stereocenters. The quantitative estimate of drug-likeness (QED) is 0.923. The molecule has 0 spiro atoms. The highest BCUT2D eigenvalue weighted by Gasteiger charge is 2.35. The Balaban J connectivity index is 2.11. The molecule has 0 saturated heterocycles. The van der Waals surface area contributed by atoms with Crippen LogP contribution >= 0.6 is 0 Å². The number of hydrogen-bond acceptors (Lipinski definition) is 3. The lowest BCUT2D eigenvalue weighted by Gasteiger charge is -2.07. The Labute approximate surface area is 120 Å². The van der Waals surface area contributed by atoms with Crippen LogP contribution in [0.4, 0.5) is 19.0 Å². The van der Waals surface area contributed by atoms with Crippen LogP contribution in [0, 0.1) is 6.92 Å². The van der Waals surface area contributed by atoms with Gasteiger partial charge in [0.05, 0.1) is 12.2 Å². The molecule has 1 N–H and O–H groups in total. The molecule has 116 valence electrons. The van der Waals surface area contributed by atoms with E-state index in [0.29, 0.717) is 11.5 Å². The number of alkyl halides is 3. The Morgan fingerprint density at radius 2 is 1.76 bits per heavy atom. The number of nitrogens with zero attached hydrogens (tertiary/aromatic N) is 4. The first-order chi connectivity index (χ1) is 9.85. The van der Waals surface area contributed by atoms with Gasteiger partial charge in [-0.05, 0) is 26.8 Å². The van der Waals surface area contributed by atoms with Crippen LogP contribution < -0.4 is 5.32 Å². The van der Waals surface area contributed by atoms with Gasteiger partial charge in [0.2, 0.25) is 0 Å². The van der Waals surface area contributed by atoms with Crippen molar-refractivity contribution in [2.45, 2.75) is 46.6 Å². The molecule has 0 bridgehead atoms. The van der Waals surface area contributed by atoms with Crippen molar-refractivity contribution in [3.8, 4) is 0 Å². The summed E-state index contributed by atoms with van der Waals surface area (Å²) in [5.74, 6) is 0.633. The van der Waals surface area contributed by atoms with Gasteiger partial charge in [-0.15, -0.1) is 0 Å². The van der Waals surface area contributed by atoms with Crippen LogP contribution in [0.15, 0.2) is 12.1 Å². The van der Waals surface area contributed by atoms with Gasteiger partial charge in [0.15, 0.2) is 0 Å². The molecule has 0 fully saturated rings. The zero-order valence-corrected chi connectivity index (χ0v) is 12.2. The van der Waals surface area contributed by atoms with Crippen LogP contribution in [0.5, 0.6) is 0 Å². The molecule has 0 radical (unpaired) electrons. The van der Waals surface area contributed by atoms with Crippen molar-refractivity contribution in [3.63, 3.8) is 0 Å². The lowest BCUT2D eigenvalue weighted by Crippen LogP contribution is -2.13. The van der Waals surface area contributed by atoms with E-state index in [4.69, 9.17) is 0 Å². The first-order valence-corrected chi connectivity index (χ1v) is 6.77. The Hall–Kier alpha value is -1.99. The first kappa shape index (κ1) is 15.4. The van der Waals surface area contributed by atoms with Crippen molar-refractivity contribution < 1.29 is 13.2 Å². The second kappa shape index (κ2) is 5.79. The maximum atomic E-state index is 12.8. The SMILES string of the molecule is CCn1nc(NCc2cc(C(F)(F)F)n(CC)n2)cc1C. The van der Waals surface area contributed by atoms with Crippen molar-refractivity contribution in [2.75, 3.05) is 5.32 Å². The smallest absolute Gasteiger partial charge is 0.363 e. The predicted molar refractivity (Wildman–Crippen MR) is 72.9 cm³/mol. The topological polar surface area (TPSA) is 47.7 Å². The molecule has 8 heteroatoms. The fourth-order valence-corrected chi connectivity index (χ4v) is 2.12. The number of halogens is 3. The Kier molecular flexibility index (Phi) is 4.24. The molecule has 21 heavy (non-hydrogen) atoms. The molecule has 0 saturated carbocycles. The highest BCUT2D eigenvalue weighted by molar-refractivity contribution is 5.36. The lowest BCUT2D eigenvalue weighted by molar-refractivity contribution is -0.144. The highest BCUT2D eigenvalue weighted by Crippen LogP contribution is 2.29. The van der Waals surface area contributed by atoms with E-state index in [1.165, 1.54) is 0 Å². The molecular formula is C13H18F3N5. The van der Waals surface area contributed by atoms with Gasteiger partial charge in [-0.1, -0.05) is 0 Å². The highest BCUT2D eigenvalue weighted by atomic mass is 19.4. The standard InChI is InChI=1S/C13H18F3N5/c1-4-20-9(3)6-12(19-20)17-8-10-7-11(13(14,15)16)21(5-2)18-10/h6-7H,4-5,8H2,1-3H3,(H,17,19). The zero-order chi connectivity index (χ0) is 15.6. The number of aromatic nitrogens is 4. The van der Waals surface area contributed by atoms with Crippen molar-refractivity contribution >= 4 is 5.82 Å². The van der Waals surface area contributed by atoms with E-state index in [-0.39, 0.29) is 13.1 Å². The summed E-state index contributed by atoms with van der Waals surface area (Å²) in [5, 5.41) is 11.2. The van der Waals surface area contributed by atoms with Gasteiger partial charge < -0.3 is 5.32 Å². The largest absolute Gasteiger partial charge is 0.433 e. The number of hydrogen-bond donors (Lipinski definition) is 1. The van der Waals surface area contributed by atoms with Crippen molar-refractivity contribution in [2.24, 2.45) is 0 Å². The summed E-state index contributed by atoms with van der Waals surface area (Å²) in [6, 6.07) is 2.92. The summed E-state index contributed by atoms with van der Waals surface area (Å²) in [7, 11) is 0. The summed E-state index contributed by atoms with van der Waals surface area (Å²) in [6.45, 7) is 6.66. The monoisotopic (exact) mass is 301 g/mol. The van der Waals surface area contributed by atoms with Crippen molar-refractivity contribution in [1.82, 2.24) is 19.6 Å². The Morgan fingerprint density at radius 3 is 2.24 bits per heavy atom. The molecule has 0 unspecified atom stereocenters. The molecule has 0 aliphatic carbocycles. The second-order valence-corrected chi connectivity index (χ2v) is 4.67. The number of nitrogens with one attached hydrogen (secondary N) is 1. The Bertz CT molecular complexity index is 612.